The zero-order chi connectivity index (χ0) is 10.9. The van der Waals surface area contributed by atoms with Crippen LogP contribution in [0.1, 0.15) is 11.1 Å². The molecule has 0 radical (unpaired) electrons. The van der Waals surface area contributed by atoms with E-state index in [1.165, 1.54) is 13.0 Å². The summed E-state index contributed by atoms with van der Waals surface area (Å²) in [6, 6.07) is 2.01. The molecule has 0 bridgehead atoms. The smallest absolute Gasteiger partial charge is 0.324 e. The Labute approximate surface area is 79.5 Å². The van der Waals surface area contributed by atoms with Gasteiger partial charge in [0, 0.05) is 0 Å². The number of rotatable bonds is 2. The van der Waals surface area contributed by atoms with Crippen LogP contribution in [0.5, 0.6) is 0 Å². The van der Waals surface area contributed by atoms with Crippen molar-refractivity contribution in [1.82, 2.24) is 0 Å². The highest BCUT2D eigenvalue weighted by molar-refractivity contribution is 7.50. The van der Waals surface area contributed by atoms with Crippen molar-refractivity contribution in [3.8, 4) is 0 Å². The fourth-order valence-corrected chi connectivity index (χ4v) is 1.78. The lowest BCUT2D eigenvalue weighted by Crippen LogP contribution is -1.94. The number of aryl methyl sites for hydroxylation is 1. The first-order valence-electron chi connectivity index (χ1n) is 3.79. The van der Waals surface area contributed by atoms with E-state index in [1.54, 1.807) is 0 Å². The lowest BCUT2D eigenvalue weighted by molar-refractivity contribution is 0.371. The summed E-state index contributed by atoms with van der Waals surface area (Å²) in [7, 11) is -4.23. The Hall–Kier alpha value is -0.770. The lowest BCUT2D eigenvalue weighted by atomic mass is 10.1. The zero-order valence-corrected chi connectivity index (χ0v) is 8.26. The molecule has 1 rings (SSSR count). The van der Waals surface area contributed by atoms with Crippen LogP contribution in [0.3, 0.4) is 0 Å². The van der Waals surface area contributed by atoms with Crippen LogP contribution < -0.4 is 0 Å². The van der Waals surface area contributed by atoms with Gasteiger partial charge in [-0.05, 0) is 24.1 Å². The van der Waals surface area contributed by atoms with Gasteiger partial charge in [-0.15, -0.1) is 0 Å². The van der Waals surface area contributed by atoms with Gasteiger partial charge in [0.1, 0.15) is 0 Å². The van der Waals surface area contributed by atoms with Crippen molar-refractivity contribution >= 4 is 7.60 Å². The van der Waals surface area contributed by atoms with E-state index in [0.717, 1.165) is 6.07 Å². The molecule has 6 heteroatoms. The summed E-state index contributed by atoms with van der Waals surface area (Å²) in [5.74, 6) is -2.08. The van der Waals surface area contributed by atoms with Crippen LogP contribution in [0.4, 0.5) is 8.78 Å². The van der Waals surface area contributed by atoms with Crippen molar-refractivity contribution in [2.75, 3.05) is 0 Å². The molecule has 0 amide bonds. The van der Waals surface area contributed by atoms with E-state index in [-0.39, 0.29) is 11.1 Å². The highest BCUT2D eigenvalue weighted by atomic mass is 31.2. The molecular formula is C8H9F2O3P. The molecule has 0 saturated carbocycles. The molecule has 0 fully saturated rings. The van der Waals surface area contributed by atoms with Gasteiger partial charge in [-0.2, -0.15) is 0 Å². The standard InChI is InChI=1S/C8H9F2O3P/c1-5-2-6(4-14(11,12)13)3-7(9)8(5)10/h2-3H,4H2,1H3,(H2,11,12,13). The van der Waals surface area contributed by atoms with Crippen molar-refractivity contribution in [2.24, 2.45) is 0 Å². The molecule has 0 aromatic heterocycles. The van der Waals surface area contributed by atoms with Crippen LogP contribution in [-0.2, 0) is 10.7 Å². The van der Waals surface area contributed by atoms with E-state index in [2.05, 4.69) is 0 Å². The molecule has 0 heterocycles. The van der Waals surface area contributed by atoms with Crippen LogP contribution in [-0.4, -0.2) is 9.79 Å². The molecule has 2 N–H and O–H groups in total. The summed E-state index contributed by atoms with van der Waals surface area (Å²) >= 11 is 0. The Morgan fingerprint density at radius 1 is 1.36 bits per heavy atom. The van der Waals surface area contributed by atoms with Crippen LogP contribution in [0, 0.1) is 18.6 Å². The molecule has 1 aromatic rings. The average molecular weight is 222 g/mol. The molecule has 0 unspecified atom stereocenters. The predicted octanol–water partition coefficient (Wildman–Crippen LogP) is 1.95. The quantitative estimate of drug-likeness (QED) is 0.752. The Balaban J connectivity index is 3.08. The summed E-state index contributed by atoms with van der Waals surface area (Å²) < 4.78 is 36.1. The van der Waals surface area contributed by atoms with Crippen LogP contribution in [0.2, 0.25) is 0 Å². The summed E-state index contributed by atoms with van der Waals surface area (Å²) in [4.78, 5) is 17.2. The zero-order valence-electron chi connectivity index (χ0n) is 7.37. The van der Waals surface area contributed by atoms with Crippen LogP contribution >= 0.6 is 7.60 Å². The van der Waals surface area contributed by atoms with Gasteiger partial charge < -0.3 is 9.79 Å². The van der Waals surface area contributed by atoms with Crippen molar-refractivity contribution in [3.63, 3.8) is 0 Å². The minimum Gasteiger partial charge on any atom is -0.324 e. The molecule has 0 spiro atoms. The molecule has 0 aliphatic carbocycles. The van der Waals surface area contributed by atoms with Gasteiger partial charge in [-0.25, -0.2) is 8.78 Å². The van der Waals surface area contributed by atoms with E-state index >= 15 is 0 Å². The van der Waals surface area contributed by atoms with Gasteiger partial charge in [0.25, 0.3) is 0 Å². The highest BCUT2D eigenvalue weighted by Crippen LogP contribution is 2.39. The number of hydrogen-bond acceptors (Lipinski definition) is 1. The molecule has 14 heavy (non-hydrogen) atoms. The van der Waals surface area contributed by atoms with Gasteiger partial charge in [0.2, 0.25) is 0 Å². The van der Waals surface area contributed by atoms with E-state index in [1.807, 2.05) is 0 Å². The Bertz CT molecular complexity index is 377. The van der Waals surface area contributed by atoms with Gasteiger partial charge >= 0.3 is 7.60 Å². The summed E-state index contributed by atoms with van der Waals surface area (Å²) in [5.41, 5.74) is 0.128. The van der Waals surface area contributed by atoms with Gasteiger partial charge in [-0.3, -0.25) is 4.57 Å². The molecular weight excluding hydrogens is 213 g/mol. The second-order valence-corrected chi connectivity index (χ2v) is 4.68. The monoisotopic (exact) mass is 222 g/mol. The third-order valence-corrected chi connectivity index (χ3v) is 2.44. The normalized spacial score (nSPS) is 11.8. The molecule has 0 aliphatic heterocycles. The number of benzene rings is 1. The maximum atomic E-state index is 12.8. The van der Waals surface area contributed by atoms with E-state index < -0.39 is 25.4 Å². The fourth-order valence-electron chi connectivity index (χ4n) is 1.13. The van der Waals surface area contributed by atoms with Crippen molar-refractivity contribution in [2.45, 2.75) is 13.1 Å². The Kier molecular flexibility index (Phi) is 3.04. The fraction of sp³-hybridized carbons (Fsp3) is 0.250. The summed E-state index contributed by atoms with van der Waals surface area (Å²) in [6.45, 7) is 1.33. The SMILES string of the molecule is Cc1cc(CP(=O)(O)O)cc(F)c1F. The maximum absolute atomic E-state index is 12.8. The largest absolute Gasteiger partial charge is 0.329 e. The lowest BCUT2D eigenvalue weighted by Gasteiger charge is -2.06. The van der Waals surface area contributed by atoms with Crippen molar-refractivity contribution in [3.05, 3.63) is 34.9 Å². The van der Waals surface area contributed by atoms with Gasteiger partial charge in [-0.1, -0.05) is 6.07 Å². The first-order valence-corrected chi connectivity index (χ1v) is 5.58. The number of hydrogen-bond donors (Lipinski definition) is 2. The predicted molar refractivity (Wildman–Crippen MR) is 46.8 cm³/mol. The summed E-state index contributed by atoms with van der Waals surface area (Å²) in [6.07, 6.45) is -0.578. The first kappa shape index (κ1) is 11.3. The van der Waals surface area contributed by atoms with Gasteiger partial charge in [0.15, 0.2) is 11.6 Å². The van der Waals surface area contributed by atoms with Crippen LogP contribution in [0.15, 0.2) is 12.1 Å². The third-order valence-electron chi connectivity index (χ3n) is 1.66. The van der Waals surface area contributed by atoms with E-state index in [0.29, 0.717) is 0 Å². The second kappa shape index (κ2) is 3.77. The molecule has 78 valence electrons. The molecule has 0 atom stereocenters. The average Bonchev–Trinajstić information content (AvgIpc) is 1.96. The molecule has 3 nitrogen and oxygen atoms in total. The minimum absolute atomic E-state index is 0.0356. The molecule has 1 aromatic carbocycles. The van der Waals surface area contributed by atoms with Crippen LogP contribution in [0.25, 0.3) is 0 Å². The third kappa shape index (κ3) is 2.87. The van der Waals surface area contributed by atoms with E-state index in [4.69, 9.17) is 9.79 Å². The minimum atomic E-state index is -4.23. The molecule has 0 aliphatic rings. The second-order valence-electron chi connectivity index (χ2n) is 3.03. The highest BCUT2D eigenvalue weighted by Gasteiger charge is 2.16. The van der Waals surface area contributed by atoms with E-state index in [9.17, 15) is 13.3 Å². The maximum Gasteiger partial charge on any atom is 0.329 e. The Morgan fingerprint density at radius 2 is 1.93 bits per heavy atom. The van der Waals surface area contributed by atoms with Crippen molar-refractivity contribution in [1.29, 1.82) is 0 Å². The topological polar surface area (TPSA) is 57.5 Å². The van der Waals surface area contributed by atoms with Crippen molar-refractivity contribution < 1.29 is 23.1 Å². The molecule has 0 saturated heterocycles. The number of halogens is 2. The Morgan fingerprint density at radius 3 is 2.36 bits per heavy atom. The summed E-state index contributed by atoms with van der Waals surface area (Å²) in [5, 5.41) is 0. The van der Waals surface area contributed by atoms with Gasteiger partial charge in [0.05, 0.1) is 6.16 Å². The first-order chi connectivity index (χ1) is 6.29.